The van der Waals surface area contributed by atoms with Crippen molar-refractivity contribution >= 4 is 15.9 Å². The Hall–Kier alpha value is -3.45. The lowest BCUT2D eigenvalue weighted by Gasteiger charge is -2.17. The predicted octanol–water partition coefficient (Wildman–Crippen LogP) is 1.64. The summed E-state index contributed by atoms with van der Waals surface area (Å²) in [6.07, 6.45) is -4.59. The van der Waals surface area contributed by atoms with E-state index in [1.165, 1.54) is 31.4 Å². The molecule has 3 rings (SSSR count). The molecule has 0 saturated heterocycles. The van der Waals surface area contributed by atoms with Gasteiger partial charge in [0.1, 0.15) is 10.6 Å². The number of aromatic nitrogens is 3. The summed E-state index contributed by atoms with van der Waals surface area (Å²) in [5.41, 5.74) is 4.22. The molecule has 0 bridgehead atoms. The minimum Gasteiger partial charge on any atom is -0.497 e. The van der Waals surface area contributed by atoms with Crippen molar-refractivity contribution in [3.63, 3.8) is 0 Å². The second-order valence-corrected chi connectivity index (χ2v) is 7.91. The van der Waals surface area contributed by atoms with E-state index in [9.17, 15) is 26.4 Å². The Labute approximate surface area is 174 Å². The molecule has 9 nitrogen and oxygen atoms in total. The first-order valence-electron chi connectivity index (χ1n) is 8.53. The number of primary sulfonamides is 1. The second-order valence-electron chi connectivity index (χ2n) is 6.41. The number of halogens is 3. The molecular formula is C18H16F3N5O4S. The predicted molar refractivity (Wildman–Crippen MR) is 103 cm³/mol. The van der Waals surface area contributed by atoms with Crippen LogP contribution in [0.3, 0.4) is 0 Å². The number of carbonyl (C=O) groups excluding carboxylic acids is 1. The molecule has 0 saturated carbocycles. The third kappa shape index (κ3) is 4.67. The van der Waals surface area contributed by atoms with E-state index in [0.29, 0.717) is 22.2 Å². The number of alkyl halides is 3. The molecule has 4 N–H and O–H groups in total. The minimum atomic E-state index is -4.79. The number of rotatable bonds is 6. The third-order valence-electron chi connectivity index (χ3n) is 4.28. The Kier molecular flexibility index (Phi) is 5.74. The highest BCUT2D eigenvalue weighted by Gasteiger charge is 2.35. The summed E-state index contributed by atoms with van der Waals surface area (Å²) in [5, 5.41) is 11.9. The van der Waals surface area contributed by atoms with Gasteiger partial charge in [-0.25, -0.2) is 18.2 Å². The zero-order chi connectivity index (χ0) is 23.0. The van der Waals surface area contributed by atoms with Gasteiger partial charge in [-0.1, -0.05) is 23.4 Å². The van der Waals surface area contributed by atoms with Crippen molar-refractivity contribution in [2.24, 2.45) is 10.9 Å². The Morgan fingerprint density at radius 3 is 2.29 bits per heavy atom. The number of methoxy groups -OCH3 is 1. The number of benzene rings is 2. The van der Waals surface area contributed by atoms with E-state index in [-0.39, 0.29) is 23.2 Å². The molecule has 0 unspecified atom stereocenters. The molecule has 2 aromatic carbocycles. The number of ether oxygens (including phenoxy) is 1. The van der Waals surface area contributed by atoms with Gasteiger partial charge >= 0.3 is 6.18 Å². The van der Waals surface area contributed by atoms with Crippen molar-refractivity contribution in [3.8, 4) is 22.6 Å². The fourth-order valence-corrected chi connectivity index (χ4v) is 3.99. The highest BCUT2D eigenvalue weighted by atomic mass is 32.2. The molecule has 164 valence electrons. The molecule has 31 heavy (non-hydrogen) atoms. The zero-order valence-corrected chi connectivity index (χ0v) is 16.7. The lowest BCUT2D eigenvalue weighted by Crippen LogP contribution is -2.20. The van der Waals surface area contributed by atoms with Crippen molar-refractivity contribution in [2.75, 3.05) is 7.11 Å². The van der Waals surface area contributed by atoms with Gasteiger partial charge < -0.3 is 10.5 Å². The summed E-state index contributed by atoms with van der Waals surface area (Å²) in [4.78, 5) is 11.0. The molecule has 0 spiro atoms. The third-order valence-corrected chi connectivity index (χ3v) is 5.26. The summed E-state index contributed by atoms with van der Waals surface area (Å²) >= 11 is 0. The van der Waals surface area contributed by atoms with Crippen LogP contribution in [0, 0.1) is 0 Å². The Morgan fingerprint density at radius 1 is 1.16 bits per heavy atom. The van der Waals surface area contributed by atoms with Crippen LogP contribution in [0.25, 0.3) is 16.8 Å². The first-order valence-corrected chi connectivity index (χ1v) is 10.1. The molecule has 0 aliphatic heterocycles. The molecule has 1 aromatic heterocycles. The summed E-state index contributed by atoms with van der Waals surface area (Å²) in [5.74, 6) is -0.275. The molecule has 0 atom stereocenters. The average molecular weight is 455 g/mol. The van der Waals surface area contributed by atoms with Crippen molar-refractivity contribution in [1.82, 2.24) is 15.0 Å². The van der Waals surface area contributed by atoms with Crippen LogP contribution >= 0.6 is 0 Å². The maximum atomic E-state index is 13.0. The van der Waals surface area contributed by atoms with Crippen molar-refractivity contribution in [2.45, 2.75) is 17.5 Å². The number of amides is 1. The van der Waals surface area contributed by atoms with Crippen molar-refractivity contribution in [1.29, 1.82) is 0 Å². The standard InChI is InChI=1S/C18H16F3N5O4S/c1-30-12-5-2-10(3-6-12)16-11(8-15(22)27)4-7-13(17(16)31(23,28)29)26-9-14(24-25-26)18(19,20)21/h2-7,9H,8H2,1H3,(H2,22,27)(H2,23,28,29). The first kappa shape index (κ1) is 22.2. The number of nitrogens with zero attached hydrogens (tertiary/aromatic N) is 3. The Morgan fingerprint density at radius 2 is 1.81 bits per heavy atom. The molecule has 0 aliphatic rings. The van der Waals surface area contributed by atoms with Crippen LogP contribution in [0.4, 0.5) is 13.2 Å². The highest BCUT2D eigenvalue weighted by Crippen LogP contribution is 2.36. The molecule has 0 fully saturated rings. The van der Waals surface area contributed by atoms with Gasteiger partial charge in [-0.3, -0.25) is 4.79 Å². The zero-order valence-electron chi connectivity index (χ0n) is 15.9. The van der Waals surface area contributed by atoms with Gasteiger partial charge in [-0.2, -0.15) is 13.2 Å². The molecule has 0 radical (unpaired) electrons. The van der Waals surface area contributed by atoms with Crippen LogP contribution in [-0.4, -0.2) is 36.4 Å². The van der Waals surface area contributed by atoms with E-state index in [2.05, 4.69) is 10.3 Å². The minimum absolute atomic E-state index is 0.00510. The van der Waals surface area contributed by atoms with E-state index < -0.39 is 32.7 Å². The molecule has 1 heterocycles. The second kappa shape index (κ2) is 8.00. The molecular weight excluding hydrogens is 439 g/mol. The van der Waals surface area contributed by atoms with Crippen LogP contribution in [0.1, 0.15) is 11.3 Å². The summed E-state index contributed by atoms with van der Waals surface area (Å²) < 4.78 is 69.7. The van der Waals surface area contributed by atoms with Gasteiger partial charge in [-0.15, -0.1) is 5.10 Å². The number of sulfonamides is 1. The highest BCUT2D eigenvalue weighted by molar-refractivity contribution is 7.89. The largest absolute Gasteiger partial charge is 0.497 e. The summed E-state index contributed by atoms with van der Waals surface area (Å²) in [6.45, 7) is 0. The van der Waals surface area contributed by atoms with Crippen molar-refractivity contribution in [3.05, 3.63) is 53.9 Å². The van der Waals surface area contributed by atoms with Crippen LogP contribution in [0.15, 0.2) is 47.5 Å². The normalized spacial score (nSPS) is 12.0. The lowest BCUT2D eigenvalue weighted by atomic mass is 9.96. The number of hydrogen-bond acceptors (Lipinski definition) is 6. The lowest BCUT2D eigenvalue weighted by molar-refractivity contribution is -0.141. The SMILES string of the molecule is COc1ccc(-c2c(CC(N)=O)ccc(-n3cc(C(F)(F)F)nn3)c2S(N)(=O)=O)cc1. The van der Waals surface area contributed by atoms with E-state index in [4.69, 9.17) is 15.6 Å². The van der Waals surface area contributed by atoms with Crippen molar-refractivity contribution < 1.29 is 31.1 Å². The van der Waals surface area contributed by atoms with Gasteiger partial charge in [0.05, 0.1) is 25.4 Å². The number of hydrogen-bond donors (Lipinski definition) is 2. The van der Waals surface area contributed by atoms with Crippen LogP contribution in [0.5, 0.6) is 5.75 Å². The van der Waals surface area contributed by atoms with E-state index in [1.54, 1.807) is 12.1 Å². The molecule has 13 heteroatoms. The maximum absolute atomic E-state index is 13.0. The van der Waals surface area contributed by atoms with E-state index in [1.807, 2.05) is 0 Å². The van der Waals surface area contributed by atoms with Gasteiger partial charge in [-0.05, 0) is 29.3 Å². The topological polar surface area (TPSA) is 143 Å². The fraction of sp³-hybridized carbons (Fsp3) is 0.167. The number of carbonyl (C=O) groups is 1. The van der Waals surface area contributed by atoms with Crippen LogP contribution in [-0.2, 0) is 27.4 Å². The molecule has 1 amide bonds. The van der Waals surface area contributed by atoms with Gasteiger partial charge in [0.25, 0.3) is 0 Å². The van der Waals surface area contributed by atoms with Crippen LogP contribution < -0.4 is 15.6 Å². The smallest absolute Gasteiger partial charge is 0.436 e. The molecule has 3 aromatic rings. The monoisotopic (exact) mass is 455 g/mol. The Balaban J connectivity index is 2.35. The van der Waals surface area contributed by atoms with E-state index in [0.717, 1.165) is 0 Å². The molecule has 0 aliphatic carbocycles. The Bertz CT molecular complexity index is 1240. The average Bonchev–Trinajstić information content (AvgIpc) is 3.17. The summed E-state index contributed by atoms with van der Waals surface area (Å²) in [6, 6.07) is 8.66. The van der Waals surface area contributed by atoms with Gasteiger partial charge in [0.15, 0.2) is 5.69 Å². The van der Waals surface area contributed by atoms with Gasteiger partial charge in [0, 0.05) is 5.56 Å². The van der Waals surface area contributed by atoms with Gasteiger partial charge in [0.2, 0.25) is 15.9 Å². The quantitative estimate of drug-likeness (QED) is 0.578. The van der Waals surface area contributed by atoms with Crippen LogP contribution in [0.2, 0.25) is 0 Å². The summed E-state index contributed by atoms with van der Waals surface area (Å²) in [7, 11) is -3.08. The number of primary amides is 1. The maximum Gasteiger partial charge on any atom is 0.436 e. The van der Waals surface area contributed by atoms with E-state index >= 15 is 0 Å². The fourth-order valence-electron chi connectivity index (χ4n) is 3.00. The number of nitrogens with two attached hydrogens (primary N) is 2. The first-order chi connectivity index (χ1) is 14.4.